The van der Waals surface area contributed by atoms with Crippen LogP contribution in [0.25, 0.3) is 6.08 Å². The molecule has 2 N–H and O–H groups in total. The Bertz CT molecular complexity index is 762. The van der Waals surface area contributed by atoms with Crippen molar-refractivity contribution in [2.24, 2.45) is 5.92 Å². The van der Waals surface area contributed by atoms with Crippen molar-refractivity contribution in [1.82, 2.24) is 10.6 Å². The van der Waals surface area contributed by atoms with Crippen molar-refractivity contribution in [2.45, 2.75) is 38.6 Å². The molecule has 29 heavy (non-hydrogen) atoms. The van der Waals surface area contributed by atoms with Crippen LogP contribution in [0.15, 0.2) is 24.3 Å². The summed E-state index contributed by atoms with van der Waals surface area (Å²) >= 11 is 0. The Morgan fingerprint density at radius 1 is 1.14 bits per heavy atom. The van der Waals surface area contributed by atoms with Crippen molar-refractivity contribution < 1.29 is 28.6 Å². The molecule has 2 rings (SSSR count). The SMILES string of the molecule is COc1ccc(OC)c(/C=C/C(=O)OCC(=O)NC(=O)N[C@@H]2CCCC[C@H]2C)c1. The summed E-state index contributed by atoms with van der Waals surface area (Å²) in [4.78, 5) is 35.6. The Hall–Kier alpha value is -3.03. The minimum absolute atomic E-state index is 0.0554. The fraction of sp³-hybridized carbons (Fsp3) is 0.476. The molecule has 0 spiro atoms. The molecule has 3 amide bonds. The summed E-state index contributed by atoms with van der Waals surface area (Å²) in [5.74, 6) is 0.136. The Kier molecular flexibility index (Phi) is 8.51. The highest BCUT2D eigenvalue weighted by atomic mass is 16.5. The summed E-state index contributed by atoms with van der Waals surface area (Å²) in [7, 11) is 3.05. The normalized spacial score (nSPS) is 18.7. The summed E-state index contributed by atoms with van der Waals surface area (Å²) in [5.41, 5.74) is 0.620. The van der Waals surface area contributed by atoms with Crippen LogP contribution in [0.3, 0.4) is 0 Å². The summed E-state index contributed by atoms with van der Waals surface area (Å²) in [5, 5.41) is 4.99. The average molecular weight is 404 g/mol. The van der Waals surface area contributed by atoms with Crippen molar-refractivity contribution >= 4 is 24.0 Å². The van der Waals surface area contributed by atoms with E-state index in [9.17, 15) is 14.4 Å². The summed E-state index contributed by atoms with van der Waals surface area (Å²) in [6.45, 7) is 1.53. The largest absolute Gasteiger partial charge is 0.497 e. The van der Waals surface area contributed by atoms with Gasteiger partial charge in [-0.15, -0.1) is 0 Å². The lowest BCUT2D eigenvalue weighted by molar-refractivity contribution is -0.143. The number of hydrogen-bond donors (Lipinski definition) is 2. The number of nitrogens with one attached hydrogen (secondary N) is 2. The number of ether oxygens (including phenoxy) is 3. The molecule has 1 aliphatic rings. The second kappa shape index (κ2) is 11.1. The minimum atomic E-state index is -0.716. The molecule has 0 aromatic heterocycles. The number of carbonyl (C=O) groups excluding carboxylic acids is 3. The fourth-order valence-corrected chi connectivity index (χ4v) is 3.21. The molecule has 1 aromatic rings. The molecule has 0 bridgehead atoms. The lowest BCUT2D eigenvalue weighted by Crippen LogP contribution is -2.48. The quantitative estimate of drug-likeness (QED) is 0.535. The van der Waals surface area contributed by atoms with Crippen molar-refractivity contribution in [1.29, 1.82) is 0 Å². The van der Waals surface area contributed by atoms with E-state index in [1.165, 1.54) is 26.4 Å². The topological polar surface area (TPSA) is 103 Å². The predicted octanol–water partition coefficient (Wildman–Crippen LogP) is 2.66. The monoisotopic (exact) mass is 404 g/mol. The van der Waals surface area contributed by atoms with Crippen LogP contribution in [0.2, 0.25) is 0 Å². The third kappa shape index (κ3) is 7.14. The Morgan fingerprint density at radius 3 is 2.59 bits per heavy atom. The van der Waals surface area contributed by atoms with Crippen LogP contribution in [-0.4, -0.2) is 44.8 Å². The Morgan fingerprint density at radius 2 is 1.90 bits per heavy atom. The molecule has 0 radical (unpaired) electrons. The van der Waals surface area contributed by atoms with Crippen molar-refractivity contribution in [3.8, 4) is 11.5 Å². The molecule has 0 saturated heterocycles. The van der Waals surface area contributed by atoms with Gasteiger partial charge in [-0.3, -0.25) is 10.1 Å². The molecule has 8 nitrogen and oxygen atoms in total. The Labute approximate surface area is 170 Å². The number of imide groups is 1. The van der Waals surface area contributed by atoms with E-state index >= 15 is 0 Å². The number of methoxy groups -OCH3 is 2. The molecular weight excluding hydrogens is 376 g/mol. The third-order valence-corrected chi connectivity index (χ3v) is 4.86. The standard InChI is InChI=1S/C21H28N2O6/c1-14-6-4-5-7-17(14)22-21(26)23-19(24)13-29-20(25)11-8-15-12-16(27-2)9-10-18(15)28-3/h8-12,14,17H,4-7,13H2,1-3H3,(H2,22,23,24,26)/b11-8+/t14-,17-/m1/s1. The first kappa shape index (κ1) is 22.3. The molecule has 8 heteroatoms. The van der Waals surface area contributed by atoms with Crippen molar-refractivity contribution in [3.63, 3.8) is 0 Å². The van der Waals surface area contributed by atoms with Gasteiger partial charge in [-0.1, -0.05) is 19.8 Å². The minimum Gasteiger partial charge on any atom is -0.497 e. The van der Waals surface area contributed by atoms with E-state index < -0.39 is 24.5 Å². The lowest BCUT2D eigenvalue weighted by Gasteiger charge is -2.29. The van der Waals surface area contributed by atoms with Crippen LogP contribution in [0.4, 0.5) is 4.79 Å². The first-order valence-electron chi connectivity index (χ1n) is 9.60. The van der Waals surface area contributed by atoms with E-state index in [-0.39, 0.29) is 6.04 Å². The number of esters is 1. The fourth-order valence-electron chi connectivity index (χ4n) is 3.21. The van der Waals surface area contributed by atoms with Crippen LogP contribution in [0, 0.1) is 5.92 Å². The molecule has 0 aliphatic heterocycles. The molecule has 0 heterocycles. The van der Waals surface area contributed by atoms with Gasteiger partial charge < -0.3 is 19.5 Å². The molecular formula is C21H28N2O6. The zero-order chi connectivity index (χ0) is 21.2. The maximum absolute atomic E-state index is 11.9. The lowest BCUT2D eigenvalue weighted by atomic mass is 9.86. The zero-order valence-electron chi connectivity index (χ0n) is 17.0. The number of carbonyl (C=O) groups is 3. The molecule has 1 aromatic carbocycles. The molecule has 158 valence electrons. The highest BCUT2D eigenvalue weighted by molar-refractivity contribution is 5.96. The molecule has 1 fully saturated rings. The number of hydrogen-bond acceptors (Lipinski definition) is 6. The van der Waals surface area contributed by atoms with Crippen LogP contribution in [-0.2, 0) is 14.3 Å². The highest BCUT2D eigenvalue weighted by Gasteiger charge is 2.23. The van der Waals surface area contributed by atoms with Crippen LogP contribution in [0.5, 0.6) is 11.5 Å². The van der Waals surface area contributed by atoms with Gasteiger partial charge in [0.15, 0.2) is 6.61 Å². The van der Waals surface area contributed by atoms with Crippen LogP contribution in [0.1, 0.15) is 38.2 Å². The van der Waals surface area contributed by atoms with E-state index in [0.29, 0.717) is 23.0 Å². The van der Waals surface area contributed by atoms with E-state index in [0.717, 1.165) is 25.7 Å². The van der Waals surface area contributed by atoms with Crippen LogP contribution < -0.4 is 20.1 Å². The van der Waals surface area contributed by atoms with Crippen LogP contribution >= 0.6 is 0 Å². The summed E-state index contributed by atoms with van der Waals surface area (Å²) < 4.78 is 15.2. The van der Waals surface area contributed by atoms with E-state index in [2.05, 4.69) is 17.6 Å². The summed E-state index contributed by atoms with van der Waals surface area (Å²) in [6, 6.07) is 4.63. The molecule has 1 aliphatic carbocycles. The van der Waals surface area contributed by atoms with Gasteiger partial charge in [-0.25, -0.2) is 9.59 Å². The van der Waals surface area contributed by atoms with Gasteiger partial charge in [0, 0.05) is 17.7 Å². The van der Waals surface area contributed by atoms with Gasteiger partial charge in [0.05, 0.1) is 14.2 Å². The second-order valence-electron chi connectivity index (χ2n) is 6.94. The summed E-state index contributed by atoms with van der Waals surface area (Å²) in [6.07, 6.45) is 6.85. The molecule has 1 saturated carbocycles. The number of urea groups is 1. The van der Waals surface area contributed by atoms with Gasteiger partial charge in [0.1, 0.15) is 11.5 Å². The number of rotatable bonds is 7. The Balaban J connectivity index is 1.79. The first-order chi connectivity index (χ1) is 13.9. The number of benzene rings is 1. The highest BCUT2D eigenvalue weighted by Crippen LogP contribution is 2.25. The van der Waals surface area contributed by atoms with Gasteiger partial charge in [-0.2, -0.15) is 0 Å². The zero-order valence-corrected chi connectivity index (χ0v) is 17.0. The van der Waals surface area contributed by atoms with Crippen molar-refractivity contribution in [3.05, 3.63) is 29.8 Å². The van der Waals surface area contributed by atoms with Gasteiger partial charge in [0.25, 0.3) is 5.91 Å². The third-order valence-electron chi connectivity index (χ3n) is 4.86. The van der Waals surface area contributed by atoms with E-state index in [4.69, 9.17) is 14.2 Å². The smallest absolute Gasteiger partial charge is 0.331 e. The molecule has 2 atom stereocenters. The van der Waals surface area contributed by atoms with E-state index in [1.807, 2.05) is 0 Å². The molecule has 0 unspecified atom stereocenters. The van der Waals surface area contributed by atoms with E-state index in [1.54, 1.807) is 18.2 Å². The van der Waals surface area contributed by atoms with Gasteiger partial charge in [0.2, 0.25) is 0 Å². The first-order valence-corrected chi connectivity index (χ1v) is 9.60. The maximum atomic E-state index is 11.9. The van der Waals surface area contributed by atoms with Crippen molar-refractivity contribution in [2.75, 3.05) is 20.8 Å². The number of amides is 3. The second-order valence-corrected chi connectivity index (χ2v) is 6.94. The van der Waals surface area contributed by atoms with Gasteiger partial charge >= 0.3 is 12.0 Å². The average Bonchev–Trinajstić information content (AvgIpc) is 2.72. The maximum Gasteiger partial charge on any atom is 0.331 e. The predicted molar refractivity (Wildman–Crippen MR) is 108 cm³/mol. The van der Waals surface area contributed by atoms with Gasteiger partial charge in [-0.05, 0) is 43.0 Å².